The summed E-state index contributed by atoms with van der Waals surface area (Å²) in [6, 6.07) is 6.51. The van der Waals surface area contributed by atoms with E-state index in [1.54, 1.807) is 24.3 Å². The van der Waals surface area contributed by atoms with E-state index in [1.165, 1.54) is 0 Å². The van der Waals surface area contributed by atoms with Crippen molar-refractivity contribution in [1.29, 1.82) is 0 Å². The molecule has 4 N–H and O–H groups in total. The van der Waals surface area contributed by atoms with E-state index in [9.17, 15) is 9.59 Å². The predicted molar refractivity (Wildman–Crippen MR) is 86.0 cm³/mol. The van der Waals surface area contributed by atoms with Gasteiger partial charge in [-0.05, 0) is 30.7 Å². The van der Waals surface area contributed by atoms with Crippen molar-refractivity contribution in [2.45, 2.75) is 46.6 Å². The lowest BCUT2D eigenvalue weighted by Gasteiger charge is -2.18. The van der Waals surface area contributed by atoms with Gasteiger partial charge in [-0.15, -0.1) is 0 Å². The van der Waals surface area contributed by atoms with Crippen LogP contribution in [0.3, 0.4) is 0 Å². The molecule has 21 heavy (non-hydrogen) atoms. The lowest BCUT2D eigenvalue weighted by molar-refractivity contribution is -0.123. The Balaban J connectivity index is 2.62. The number of nitrogens with one attached hydrogen (secondary N) is 2. The summed E-state index contributed by atoms with van der Waals surface area (Å²) in [5.41, 5.74) is 6.67. The molecule has 1 atom stereocenters. The Hall–Kier alpha value is -1.88. The topological polar surface area (TPSA) is 84.2 Å². The summed E-state index contributed by atoms with van der Waals surface area (Å²) in [6.45, 7) is 7.55. The van der Waals surface area contributed by atoms with Crippen molar-refractivity contribution in [3.63, 3.8) is 0 Å². The molecule has 5 heteroatoms. The minimum Gasteiger partial charge on any atom is -0.326 e. The molecule has 0 aromatic heterocycles. The fourth-order valence-corrected chi connectivity index (χ4v) is 1.63. The largest absolute Gasteiger partial charge is 0.326 e. The van der Waals surface area contributed by atoms with Crippen molar-refractivity contribution in [3.05, 3.63) is 24.3 Å². The number of hydrogen-bond donors (Lipinski definition) is 3. The predicted octanol–water partition coefficient (Wildman–Crippen LogP) is 2.74. The first-order valence-corrected chi connectivity index (χ1v) is 7.22. The fourth-order valence-electron chi connectivity index (χ4n) is 1.63. The molecule has 0 radical (unpaired) electrons. The number of anilines is 2. The lowest BCUT2D eigenvalue weighted by Crippen LogP contribution is -2.35. The van der Waals surface area contributed by atoms with Gasteiger partial charge in [0.2, 0.25) is 11.8 Å². The Kier molecular flexibility index (Phi) is 5.90. The Morgan fingerprint density at radius 1 is 1.10 bits per heavy atom. The van der Waals surface area contributed by atoms with Gasteiger partial charge in [-0.1, -0.05) is 34.1 Å². The molecule has 0 aliphatic rings. The Morgan fingerprint density at radius 3 is 2.00 bits per heavy atom. The summed E-state index contributed by atoms with van der Waals surface area (Å²) in [6.07, 6.45) is 1.53. The molecule has 0 fully saturated rings. The van der Waals surface area contributed by atoms with Crippen LogP contribution in [-0.4, -0.2) is 17.9 Å². The third-order valence-corrected chi connectivity index (χ3v) is 3.03. The molecule has 0 heterocycles. The molecule has 1 aromatic rings. The molecule has 0 saturated carbocycles. The lowest BCUT2D eigenvalue weighted by atomic mass is 9.95. The molecule has 0 spiro atoms. The van der Waals surface area contributed by atoms with Crippen molar-refractivity contribution in [1.82, 2.24) is 0 Å². The van der Waals surface area contributed by atoms with Gasteiger partial charge in [0.05, 0.1) is 6.04 Å². The van der Waals surface area contributed by atoms with E-state index in [-0.39, 0.29) is 11.8 Å². The standard InChI is InChI=1S/C16H25N3O2/c1-5-6-13(17)14(20)18-11-7-9-12(10-8-11)19-15(21)16(2,3)4/h7-10,13H,5-6,17H2,1-4H3,(H,18,20)(H,19,21)/t13-/m1/s1. The van der Waals surface area contributed by atoms with E-state index in [2.05, 4.69) is 10.6 Å². The minimum absolute atomic E-state index is 0.0516. The number of nitrogens with two attached hydrogens (primary N) is 1. The van der Waals surface area contributed by atoms with Crippen LogP contribution in [0.2, 0.25) is 0 Å². The second-order valence-electron chi connectivity index (χ2n) is 6.17. The molecule has 0 unspecified atom stereocenters. The zero-order valence-electron chi connectivity index (χ0n) is 13.2. The number of rotatable bonds is 5. The second-order valence-corrected chi connectivity index (χ2v) is 6.17. The van der Waals surface area contributed by atoms with Gasteiger partial charge in [0.15, 0.2) is 0 Å². The van der Waals surface area contributed by atoms with Gasteiger partial charge < -0.3 is 16.4 Å². The van der Waals surface area contributed by atoms with Crippen LogP contribution < -0.4 is 16.4 Å². The number of benzene rings is 1. The van der Waals surface area contributed by atoms with Gasteiger partial charge in [0, 0.05) is 16.8 Å². The molecule has 0 saturated heterocycles. The summed E-state index contributed by atoms with van der Waals surface area (Å²) in [4.78, 5) is 23.7. The average molecular weight is 291 g/mol. The summed E-state index contributed by atoms with van der Waals surface area (Å²) < 4.78 is 0. The van der Waals surface area contributed by atoms with Crippen molar-refractivity contribution in [2.24, 2.45) is 11.1 Å². The second kappa shape index (κ2) is 7.22. The molecule has 5 nitrogen and oxygen atoms in total. The summed E-state index contributed by atoms with van der Waals surface area (Å²) in [7, 11) is 0. The normalized spacial score (nSPS) is 12.6. The van der Waals surface area contributed by atoms with E-state index >= 15 is 0 Å². The molecule has 1 rings (SSSR count). The highest BCUT2D eigenvalue weighted by Gasteiger charge is 2.21. The molecule has 2 amide bonds. The van der Waals surface area contributed by atoms with Gasteiger partial charge >= 0.3 is 0 Å². The third-order valence-electron chi connectivity index (χ3n) is 3.03. The van der Waals surface area contributed by atoms with Crippen LogP contribution >= 0.6 is 0 Å². The Labute approximate surface area is 126 Å². The first-order chi connectivity index (χ1) is 9.74. The van der Waals surface area contributed by atoms with E-state index in [4.69, 9.17) is 5.73 Å². The van der Waals surface area contributed by atoms with Crippen LogP contribution in [-0.2, 0) is 9.59 Å². The first-order valence-electron chi connectivity index (χ1n) is 7.22. The maximum absolute atomic E-state index is 11.9. The molecule has 0 bridgehead atoms. The van der Waals surface area contributed by atoms with Crippen LogP contribution in [0.5, 0.6) is 0 Å². The zero-order valence-corrected chi connectivity index (χ0v) is 13.2. The summed E-state index contributed by atoms with van der Waals surface area (Å²) in [5.74, 6) is -0.243. The van der Waals surface area contributed by atoms with Gasteiger partial charge in [-0.2, -0.15) is 0 Å². The van der Waals surface area contributed by atoms with Crippen LogP contribution in [0.1, 0.15) is 40.5 Å². The summed E-state index contributed by atoms with van der Waals surface area (Å²) in [5, 5.41) is 5.59. The highest BCUT2D eigenvalue weighted by molar-refractivity contribution is 5.96. The maximum Gasteiger partial charge on any atom is 0.241 e. The Bertz CT molecular complexity index is 489. The fraction of sp³-hybridized carbons (Fsp3) is 0.500. The molecule has 116 valence electrons. The van der Waals surface area contributed by atoms with Crippen LogP contribution in [0, 0.1) is 5.41 Å². The van der Waals surface area contributed by atoms with Gasteiger partial charge in [0.1, 0.15) is 0 Å². The van der Waals surface area contributed by atoms with Gasteiger partial charge in [-0.25, -0.2) is 0 Å². The SMILES string of the molecule is CCC[C@@H](N)C(=O)Nc1ccc(NC(=O)C(C)(C)C)cc1. The maximum atomic E-state index is 11.9. The molecule has 1 aromatic carbocycles. The Morgan fingerprint density at radius 2 is 1.57 bits per heavy atom. The quantitative estimate of drug-likeness (QED) is 0.780. The highest BCUT2D eigenvalue weighted by Crippen LogP contribution is 2.19. The monoisotopic (exact) mass is 291 g/mol. The zero-order chi connectivity index (χ0) is 16.0. The van der Waals surface area contributed by atoms with Crippen molar-refractivity contribution in [2.75, 3.05) is 10.6 Å². The minimum atomic E-state index is -0.490. The number of carbonyl (C=O) groups excluding carboxylic acids is 2. The highest BCUT2D eigenvalue weighted by atomic mass is 16.2. The molecular weight excluding hydrogens is 266 g/mol. The number of hydrogen-bond acceptors (Lipinski definition) is 3. The molecule has 0 aliphatic carbocycles. The molecular formula is C16H25N3O2. The van der Waals surface area contributed by atoms with Crippen molar-refractivity contribution >= 4 is 23.2 Å². The van der Waals surface area contributed by atoms with Gasteiger partial charge in [0.25, 0.3) is 0 Å². The average Bonchev–Trinajstić information content (AvgIpc) is 2.40. The smallest absolute Gasteiger partial charge is 0.241 e. The van der Waals surface area contributed by atoms with Crippen LogP contribution in [0.25, 0.3) is 0 Å². The number of carbonyl (C=O) groups is 2. The van der Waals surface area contributed by atoms with Crippen molar-refractivity contribution in [3.8, 4) is 0 Å². The summed E-state index contributed by atoms with van der Waals surface area (Å²) >= 11 is 0. The van der Waals surface area contributed by atoms with Crippen LogP contribution in [0.15, 0.2) is 24.3 Å². The van der Waals surface area contributed by atoms with E-state index in [0.717, 1.165) is 6.42 Å². The third kappa shape index (κ3) is 5.55. The van der Waals surface area contributed by atoms with Crippen molar-refractivity contribution < 1.29 is 9.59 Å². The van der Waals surface area contributed by atoms with E-state index < -0.39 is 11.5 Å². The van der Waals surface area contributed by atoms with Gasteiger partial charge in [-0.3, -0.25) is 9.59 Å². The molecule has 0 aliphatic heterocycles. The van der Waals surface area contributed by atoms with E-state index in [1.807, 2.05) is 27.7 Å². The first kappa shape index (κ1) is 17.2. The number of amides is 2. The van der Waals surface area contributed by atoms with E-state index in [0.29, 0.717) is 17.8 Å². The van der Waals surface area contributed by atoms with Crippen LogP contribution in [0.4, 0.5) is 11.4 Å².